The first-order valence-electron chi connectivity index (χ1n) is 4.82. The van der Waals surface area contributed by atoms with Crippen molar-refractivity contribution in [2.75, 3.05) is 0 Å². The van der Waals surface area contributed by atoms with Crippen LogP contribution in [0.25, 0.3) is 0 Å². The summed E-state index contributed by atoms with van der Waals surface area (Å²) in [6, 6.07) is 3.89. The van der Waals surface area contributed by atoms with Gasteiger partial charge in [0.15, 0.2) is 0 Å². The average Bonchev–Trinajstić information content (AvgIpc) is 2.78. The van der Waals surface area contributed by atoms with Crippen molar-refractivity contribution in [1.82, 2.24) is 4.98 Å². The van der Waals surface area contributed by atoms with Crippen LogP contribution in [0, 0.1) is 5.82 Å². The summed E-state index contributed by atoms with van der Waals surface area (Å²) in [5, 5.41) is 17.7. The molecule has 1 aromatic heterocycles. The van der Waals surface area contributed by atoms with E-state index >= 15 is 0 Å². The minimum atomic E-state index is -1.81. The minimum Gasteiger partial charge on any atom is -0.488 e. The Hall–Kier alpha value is -1.44. The van der Waals surface area contributed by atoms with Crippen LogP contribution in [0.15, 0.2) is 29.9 Å². The number of halogens is 1. The molecule has 0 aliphatic carbocycles. The highest BCUT2D eigenvalue weighted by molar-refractivity contribution is 7.09. The van der Waals surface area contributed by atoms with E-state index in [1.54, 1.807) is 11.7 Å². The van der Waals surface area contributed by atoms with E-state index in [2.05, 4.69) is 4.98 Å². The van der Waals surface area contributed by atoms with Gasteiger partial charge in [-0.05, 0) is 6.07 Å². The highest BCUT2D eigenvalue weighted by Crippen LogP contribution is 2.14. The summed E-state index contributed by atoms with van der Waals surface area (Å²) in [5.74, 6) is -0.373. The molecule has 88 valence electrons. The molecule has 0 saturated heterocycles. The molecular weight excluding hydrogens is 244 g/mol. The standard InChI is InChI=1S/C10H9BFNO3S/c12-10-3-7(1-2-9(10)11(14)15)16-5-8-4-13-6-17-8/h1-4,6,14-15H,5H2. The molecule has 1 aromatic carbocycles. The summed E-state index contributed by atoms with van der Waals surface area (Å²) in [4.78, 5) is 4.82. The van der Waals surface area contributed by atoms with Crippen LogP contribution < -0.4 is 10.2 Å². The van der Waals surface area contributed by atoms with Crippen LogP contribution in [-0.2, 0) is 6.61 Å². The van der Waals surface area contributed by atoms with Crippen molar-refractivity contribution in [2.45, 2.75) is 6.61 Å². The summed E-state index contributed by atoms with van der Waals surface area (Å²) in [6.45, 7) is 0.311. The van der Waals surface area contributed by atoms with Crippen molar-refractivity contribution in [2.24, 2.45) is 0 Å². The number of hydrogen-bond donors (Lipinski definition) is 2. The Labute approximate surface area is 101 Å². The van der Waals surface area contributed by atoms with Gasteiger partial charge in [0.05, 0.1) is 10.4 Å². The Morgan fingerprint density at radius 2 is 2.24 bits per heavy atom. The van der Waals surface area contributed by atoms with Crippen LogP contribution in [0.4, 0.5) is 4.39 Å². The normalized spacial score (nSPS) is 10.3. The van der Waals surface area contributed by atoms with Gasteiger partial charge in [-0.3, -0.25) is 4.98 Å². The number of rotatable bonds is 4. The quantitative estimate of drug-likeness (QED) is 0.781. The summed E-state index contributed by atoms with van der Waals surface area (Å²) in [5.41, 5.74) is 1.51. The van der Waals surface area contributed by atoms with Gasteiger partial charge in [0, 0.05) is 17.7 Å². The molecule has 0 fully saturated rings. The first kappa shape index (κ1) is 12.0. The number of aromatic nitrogens is 1. The molecule has 0 atom stereocenters. The molecule has 0 spiro atoms. The highest BCUT2D eigenvalue weighted by atomic mass is 32.1. The number of ether oxygens (including phenoxy) is 1. The molecule has 2 aromatic rings. The van der Waals surface area contributed by atoms with Gasteiger partial charge in [-0.25, -0.2) is 4.39 Å². The van der Waals surface area contributed by atoms with Crippen molar-refractivity contribution in [3.63, 3.8) is 0 Å². The van der Waals surface area contributed by atoms with Crippen molar-refractivity contribution in [1.29, 1.82) is 0 Å². The lowest BCUT2D eigenvalue weighted by molar-refractivity contribution is 0.308. The zero-order valence-corrected chi connectivity index (χ0v) is 9.52. The number of hydrogen-bond acceptors (Lipinski definition) is 5. The third-order valence-electron chi connectivity index (χ3n) is 2.11. The molecule has 0 aliphatic rings. The summed E-state index contributed by atoms with van der Waals surface area (Å²) >= 11 is 1.44. The van der Waals surface area contributed by atoms with Gasteiger partial charge >= 0.3 is 7.12 Å². The van der Waals surface area contributed by atoms with E-state index in [0.717, 1.165) is 10.9 Å². The van der Waals surface area contributed by atoms with Crippen LogP contribution in [0.1, 0.15) is 4.88 Å². The first-order chi connectivity index (χ1) is 8.16. The van der Waals surface area contributed by atoms with E-state index < -0.39 is 12.9 Å². The Morgan fingerprint density at radius 1 is 1.41 bits per heavy atom. The molecule has 0 unspecified atom stereocenters. The average molecular weight is 253 g/mol. The fourth-order valence-corrected chi connectivity index (χ4v) is 1.78. The van der Waals surface area contributed by atoms with Crippen molar-refractivity contribution in [3.8, 4) is 5.75 Å². The van der Waals surface area contributed by atoms with Gasteiger partial charge < -0.3 is 14.8 Å². The smallest absolute Gasteiger partial charge is 0.488 e. The molecule has 0 bridgehead atoms. The first-order valence-corrected chi connectivity index (χ1v) is 5.70. The Bertz CT molecular complexity index is 492. The number of thiazole rings is 1. The maximum absolute atomic E-state index is 13.4. The highest BCUT2D eigenvalue weighted by Gasteiger charge is 2.16. The van der Waals surface area contributed by atoms with E-state index in [4.69, 9.17) is 14.8 Å². The van der Waals surface area contributed by atoms with E-state index in [1.165, 1.54) is 23.5 Å². The van der Waals surface area contributed by atoms with Gasteiger partial charge in [-0.2, -0.15) is 0 Å². The molecule has 17 heavy (non-hydrogen) atoms. The van der Waals surface area contributed by atoms with E-state index in [9.17, 15) is 4.39 Å². The molecule has 2 N–H and O–H groups in total. The van der Waals surface area contributed by atoms with Crippen LogP contribution in [0.2, 0.25) is 0 Å². The van der Waals surface area contributed by atoms with Gasteiger partial charge in [-0.1, -0.05) is 6.07 Å². The lowest BCUT2D eigenvalue weighted by atomic mass is 9.80. The third-order valence-corrected chi connectivity index (χ3v) is 2.87. The number of benzene rings is 1. The molecular formula is C10H9BFNO3S. The second-order valence-electron chi connectivity index (χ2n) is 3.31. The predicted molar refractivity (Wildman–Crippen MR) is 62.7 cm³/mol. The van der Waals surface area contributed by atoms with Crippen LogP contribution >= 0.6 is 11.3 Å². The van der Waals surface area contributed by atoms with Crippen LogP contribution in [0.3, 0.4) is 0 Å². The monoisotopic (exact) mass is 253 g/mol. The fraction of sp³-hybridized carbons (Fsp3) is 0.100. The zero-order valence-electron chi connectivity index (χ0n) is 8.71. The topological polar surface area (TPSA) is 62.6 Å². The molecule has 2 rings (SSSR count). The Kier molecular flexibility index (Phi) is 3.73. The van der Waals surface area contributed by atoms with Crippen molar-refractivity contribution >= 4 is 23.9 Å². The van der Waals surface area contributed by atoms with Crippen LogP contribution in [0.5, 0.6) is 5.75 Å². The van der Waals surface area contributed by atoms with Gasteiger partial charge in [-0.15, -0.1) is 11.3 Å². The lowest BCUT2D eigenvalue weighted by Crippen LogP contribution is -2.32. The number of nitrogens with zero attached hydrogens (tertiary/aromatic N) is 1. The molecule has 0 saturated carbocycles. The largest absolute Gasteiger partial charge is 0.491 e. The third kappa shape index (κ3) is 3.03. The second-order valence-corrected chi connectivity index (χ2v) is 4.28. The summed E-state index contributed by atoms with van der Waals surface area (Å²) in [7, 11) is -1.81. The maximum Gasteiger partial charge on any atom is 0.491 e. The van der Waals surface area contributed by atoms with Gasteiger partial charge in [0.2, 0.25) is 0 Å². The molecule has 7 heteroatoms. The second kappa shape index (κ2) is 5.26. The van der Waals surface area contributed by atoms with E-state index in [0.29, 0.717) is 12.4 Å². The van der Waals surface area contributed by atoms with E-state index in [-0.39, 0.29) is 5.46 Å². The van der Waals surface area contributed by atoms with Crippen molar-refractivity contribution in [3.05, 3.63) is 40.6 Å². The zero-order chi connectivity index (χ0) is 12.3. The maximum atomic E-state index is 13.4. The molecule has 0 amide bonds. The fourth-order valence-electron chi connectivity index (χ4n) is 1.27. The Balaban J connectivity index is 2.05. The minimum absolute atomic E-state index is 0.171. The van der Waals surface area contributed by atoms with Crippen molar-refractivity contribution < 1.29 is 19.2 Å². The lowest BCUT2D eigenvalue weighted by Gasteiger charge is -2.06. The summed E-state index contributed by atoms with van der Waals surface area (Å²) in [6.07, 6.45) is 1.67. The summed E-state index contributed by atoms with van der Waals surface area (Å²) < 4.78 is 18.7. The van der Waals surface area contributed by atoms with Crippen LogP contribution in [-0.4, -0.2) is 22.2 Å². The van der Waals surface area contributed by atoms with Gasteiger partial charge in [0.1, 0.15) is 18.2 Å². The molecule has 1 heterocycles. The molecule has 0 radical (unpaired) electrons. The molecule has 0 aliphatic heterocycles. The van der Waals surface area contributed by atoms with Gasteiger partial charge in [0.25, 0.3) is 0 Å². The Morgan fingerprint density at radius 3 is 2.82 bits per heavy atom. The van der Waals surface area contributed by atoms with E-state index in [1.807, 2.05) is 0 Å². The SMILES string of the molecule is OB(O)c1ccc(OCc2cncs2)cc1F. The molecule has 4 nitrogen and oxygen atoms in total. The predicted octanol–water partition coefficient (Wildman–Crippen LogP) is 0.541.